The first-order valence-electron chi connectivity index (χ1n) is 7.44. The largest absolute Gasteiger partial charge is 0.478 e. The van der Waals surface area contributed by atoms with Gasteiger partial charge >= 0.3 is 5.97 Å². The molecule has 0 aliphatic heterocycles. The van der Waals surface area contributed by atoms with Crippen LogP contribution in [-0.2, 0) is 15.5 Å². The highest BCUT2D eigenvalue weighted by Gasteiger charge is 2.18. The molecule has 0 aliphatic carbocycles. The second-order valence-corrected chi connectivity index (χ2v) is 8.16. The van der Waals surface area contributed by atoms with Crippen LogP contribution in [0.4, 0.5) is 0 Å². The number of carbonyl (C=O) groups is 1. The summed E-state index contributed by atoms with van der Waals surface area (Å²) >= 11 is 0. The molecule has 0 unspecified atom stereocenters. The molecule has 1 aromatic heterocycles. The third-order valence-electron chi connectivity index (χ3n) is 3.87. The second-order valence-electron chi connectivity index (χ2n) is 5.59. The number of hydrogen-bond acceptors (Lipinski definition) is 5. The third-order valence-corrected chi connectivity index (χ3v) is 5.20. The van der Waals surface area contributed by atoms with Gasteiger partial charge in [0.15, 0.2) is 0 Å². The van der Waals surface area contributed by atoms with E-state index >= 15 is 0 Å². The minimum atomic E-state index is -4.03. The lowest BCUT2D eigenvalue weighted by molar-refractivity contribution is 0.0697. The molecule has 6 nitrogen and oxygen atoms in total. The standard InChI is InChI=1S/C17H13ClO6S/c1-2-3-9-6-11(25(18,22)23)8-13-15(19)12-7-10(17(20)21)4-5-14(12)24-16(9)13/h4-8H,2-3H2,1H3,(H,20,21). The van der Waals surface area contributed by atoms with Crippen LogP contribution >= 0.6 is 10.7 Å². The maximum Gasteiger partial charge on any atom is 0.335 e. The molecule has 130 valence electrons. The van der Waals surface area contributed by atoms with Crippen molar-refractivity contribution >= 4 is 47.6 Å². The summed E-state index contributed by atoms with van der Waals surface area (Å²) in [5.41, 5.74) is 0.515. The fourth-order valence-electron chi connectivity index (χ4n) is 2.73. The van der Waals surface area contributed by atoms with E-state index in [-0.39, 0.29) is 32.4 Å². The van der Waals surface area contributed by atoms with E-state index in [1.165, 1.54) is 24.3 Å². The average molecular weight is 381 g/mol. The first-order valence-corrected chi connectivity index (χ1v) is 9.74. The molecule has 8 heteroatoms. The summed E-state index contributed by atoms with van der Waals surface area (Å²) < 4.78 is 29.2. The maximum absolute atomic E-state index is 12.8. The first-order chi connectivity index (χ1) is 11.7. The summed E-state index contributed by atoms with van der Waals surface area (Å²) in [6, 6.07) is 6.53. The van der Waals surface area contributed by atoms with Crippen molar-refractivity contribution in [2.75, 3.05) is 0 Å². The number of halogens is 1. The Morgan fingerprint density at radius 3 is 2.52 bits per heavy atom. The third kappa shape index (κ3) is 3.12. The van der Waals surface area contributed by atoms with Crippen LogP contribution in [0.2, 0.25) is 0 Å². The van der Waals surface area contributed by atoms with E-state index in [4.69, 9.17) is 20.2 Å². The summed E-state index contributed by atoms with van der Waals surface area (Å²) in [6.07, 6.45) is 1.21. The van der Waals surface area contributed by atoms with E-state index in [1.807, 2.05) is 6.92 Å². The van der Waals surface area contributed by atoms with Crippen molar-refractivity contribution < 1.29 is 22.7 Å². The summed E-state index contributed by atoms with van der Waals surface area (Å²) in [4.78, 5) is 23.7. The van der Waals surface area contributed by atoms with E-state index < -0.39 is 20.4 Å². The van der Waals surface area contributed by atoms with Crippen molar-refractivity contribution in [1.82, 2.24) is 0 Å². The van der Waals surface area contributed by atoms with Crippen LogP contribution < -0.4 is 5.43 Å². The molecule has 0 saturated heterocycles. The molecule has 0 radical (unpaired) electrons. The monoisotopic (exact) mass is 380 g/mol. The zero-order valence-electron chi connectivity index (χ0n) is 13.1. The fraction of sp³-hybridized carbons (Fsp3) is 0.176. The Bertz CT molecular complexity index is 1180. The van der Waals surface area contributed by atoms with Gasteiger partial charge in [0.05, 0.1) is 21.2 Å². The highest BCUT2D eigenvalue weighted by Crippen LogP contribution is 2.28. The van der Waals surface area contributed by atoms with E-state index in [0.29, 0.717) is 18.4 Å². The molecule has 3 aromatic rings. The smallest absolute Gasteiger partial charge is 0.335 e. The molecule has 25 heavy (non-hydrogen) atoms. The van der Waals surface area contributed by atoms with Crippen LogP contribution in [0.25, 0.3) is 21.9 Å². The molecular formula is C17H13ClO6S. The summed E-state index contributed by atoms with van der Waals surface area (Å²) in [5, 5.41) is 9.21. The van der Waals surface area contributed by atoms with Gasteiger partial charge in [0.2, 0.25) is 5.43 Å². The lowest BCUT2D eigenvalue weighted by Gasteiger charge is -2.09. The Morgan fingerprint density at radius 1 is 1.20 bits per heavy atom. The summed E-state index contributed by atoms with van der Waals surface area (Å²) in [5.74, 6) is -1.18. The Labute approximate surface area is 147 Å². The van der Waals surface area contributed by atoms with Crippen molar-refractivity contribution in [2.24, 2.45) is 0 Å². The molecule has 1 N–H and O–H groups in total. The number of fused-ring (bicyclic) bond motifs is 2. The van der Waals surface area contributed by atoms with Gasteiger partial charge in [-0.2, -0.15) is 0 Å². The Balaban J connectivity index is 2.48. The predicted octanol–water partition coefficient (Wildman–Crippen LogP) is 3.52. The minimum absolute atomic E-state index is 0.0558. The minimum Gasteiger partial charge on any atom is -0.478 e. The normalized spacial score (nSPS) is 11.9. The molecule has 0 saturated carbocycles. The molecule has 0 amide bonds. The van der Waals surface area contributed by atoms with Crippen LogP contribution in [0.3, 0.4) is 0 Å². The zero-order valence-corrected chi connectivity index (χ0v) is 14.6. The Morgan fingerprint density at radius 2 is 1.92 bits per heavy atom. The van der Waals surface area contributed by atoms with Gasteiger partial charge in [-0.1, -0.05) is 13.3 Å². The van der Waals surface area contributed by atoms with E-state index in [0.717, 1.165) is 6.07 Å². The number of rotatable bonds is 4. The number of aryl methyl sites for hydroxylation is 1. The lowest BCUT2D eigenvalue weighted by Crippen LogP contribution is -2.07. The van der Waals surface area contributed by atoms with E-state index in [2.05, 4.69) is 0 Å². The molecule has 2 aromatic carbocycles. The van der Waals surface area contributed by atoms with Crippen molar-refractivity contribution in [1.29, 1.82) is 0 Å². The van der Waals surface area contributed by atoms with E-state index in [9.17, 15) is 18.0 Å². The van der Waals surface area contributed by atoms with Gasteiger partial charge in [-0.05, 0) is 42.3 Å². The van der Waals surface area contributed by atoms with Crippen molar-refractivity contribution in [3.05, 3.63) is 51.7 Å². The van der Waals surface area contributed by atoms with Crippen LogP contribution in [0.15, 0.2) is 44.4 Å². The SMILES string of the molecule is CCCc1cc(S(=O)(=O)Cl)cc2c(=O)c3cc(C(=O)O)ccc3oc12. The molecule has 0 atom stereocenters. The van der Waals surface area contributed by atoms with Gasteiger partial charge < -0.3 is 9.52 Å². The number of benzene rings is 2. The molecule has 0 spiro atoms. The zero-order chi connectivity index (χ0) is 18.4. The molecule has 0 aliphatic rings. The van der Waals surface area contributed by atoms with Gasteiger partial charge in [-0.25, -0.2) is 13.2 Å². The maximum atomic E-state index is 12.8. The Hall–Kier alpha value is -2.38. The van der Waals surface area contributed by atoms with E-state index in [1.54, 1.807) is 0 Å². The number of carboxylic acids is 1. The predicted molar refractivity (Wildman–Crippen MR) is 94.0 cm³/mol. The topological polar surface area (TPSA) is 102 Å². The number of carboxylic acid groups (broad SMARTS) is 1. The Kier molecular flexibility index (Phi) is 4.30. The van der Waals surface area contributed by atoms with Crippen LogP contribution in [-0.4, -0.2) is 19.5 Å². The van der Waals surface area contributed by atoms with Crippen molar-refractivity contribution in [2.45, 2.75) is 24.7 Å². The van der Waals surface area contributed by atoms with Gasteiger partial charge in [-0.3, -0.25) is 4.79 Å². The summed E-state index contributed by atoms with van der Waals surface area (Å²) in [6.45, 7) is 1.91. The van der Waals surface area contributed by atoms with Crippen molar-refractivity contribution in [3.8, 4) is 0 Å². The molecule has 3 rings (SSSR count). The molecule has 1 heterocycles. The number of aromatic carboxylic acids is 1. The molecular weight excluding hydrogens is 368 g/mol. The first kappa shape index (κ1) is 17.4. The van der Waals surface area contributed by atoms with Crippen molar-refractivity contribution in [3.63, 3.8) is 0 Å². The van der Waals surface area contributed by atoms with Crippen LogP contribution in [0.1, 0.15) is 29.3 Å². The molecule has 0 fully saturated rings. The quantitative estimate of drug-likeness (QED) is 0.548. The van der Waals surface area contributed by atoms with Gasteiger partial charge in [0.1, 0.15) is 11.2 Å². The molecule has 0 bridgehead atoms. The second kappa shape index (κ2) is 6.16. The van der Waals surface area contributed by atoms with Gasteiger partial charge in [0.25, 0.3) is 9.05 Å². The van der Waals surface area contributed by atoms with Crippen LogP contribution in [0, 0.1) is 0 Å². The lowest BCUT2D eigenvalue weighted by atomic mass is 10.0. The van der Waals surface area contributed by atoms with Gasteiger partial charge in [0, 0.05) is 10.7 Å². The van der Waals surface area contributed by atoms with Gasteiger partial charge in [-0.15, -0.1) is 0 Å². The number of hydrogen-bond donors (Lipinski definition) is 1. The average Bonchev–Trinajstić information content (AvgIpc) is 2.54. The summed E-state index contributed by atoms with van der Waals surface area (Å²) in [7, 11) is 1.40. The highest BCUT2D eigenvalue weighted by atomic mass is 35.7. The van der Waals surface area contributed by atoms with Crippen LogP contribution in [0.5, 0.6) is 0 Å². The fourth-order valence-corrected chi connectivity index (χ4v) is 3.54. The highest BCUT2D eigenvalue weighted by molar-refractivity contribution is 8.13.